The van der Waals surface area contributed by atoms with Crippen molar-refractivity contribution < 1.29 is 17.9 Å². The van der Waals surface area contributed by atoms with Crippen LogP contribution in [0, 0.1) is 13.8 Å². The van der Waals surface area contributed by atoms with Crippen LogP contribution >= 0.6 is 24.0 Å². The van der Waals surface area contributed by atoms with Crippen molar-refractivity contribution >= 4 is 35.6 Å². The fraction of sp³-hybridized carbons (Fsp3) is 0.286. The zero-order valence-electron chi connectivity index (χ0n) is 12.9. The molecular formula is C14H17F3IN5O. The zero-order chi connectivity index (χ0) is 17.0. The summed E-state index contributed by atoms with van der Waals surface area (Å²) in [5, 5.41) is 9.70. The second-order valence-corrected chi connectivity index (χ2v) is 4.81. The second kappa shape index (κ2) is 8.22. The molecule has 0 bridgehead atoms. The Hall–Kier alpha value is -1.98. The normalized spacial score (nSPS) is 11.8. The lowest BCUT2D eigenvalue weighted by molar-refractivity contribution is -0.274. The quantitative estimate of drug-likeness (QED) is 0.375. The number of aliphatic imine (C=N–C) groups is 1. The van der Waals surface area contributed by atoms with Gasteiger partial charge in [0, 0.05) is 16.9 Å². The third-order valence-corrected chi connectivity index (χ3v) is 3.05. The van der Waals surface area contributed by atoms with E-state index in [1.54, 1.807) is 0 Å². The summed E-state index contributed by atoms with van der Waals surface area (Å²) in [6.45, 7) is 4.09. The summed E-state index contributed by atoms with van der Waals surface area (Å²) in [6, 6.07) is 5.20. The monoisotopic (exact) mass is 455 g/mol. The van der Waals surface area contributed by atoms with Gasteiger partial charge in [-0.05, 0) is 38.1 Å². The number of aromatic amines is 1. The number of nitrogens with two attached hydrogens (primary N) is 1. The molecule has 0 aliphatic heterocycles. The van der Waals surface area contributed by atoms with E-state index < -0.39 is 6.36 Å². The maximum Gasteiger partial charge on any atom is 0.573 e. The van der Waals surface area contributed by atoms with Crippen molar-refractivity contribution in [1.29, 1.82) is 0 Å². The Bertz CT molecular complexity index is 678. The highest BCUT2D eigenvalue weighted by Crippen LogP contribution is 2.23. The molecule has 0 amide bonds. The lowest BCUT2D eigenvalue weighted by Crippen LogP contribution is -2.22. The van der Waals surface area contributed by atoms with E-state index in [9.17, 15) is 13.2 Å². The number of H-pyrrole nitrogens is 1. The Kier molecular flexibility index (Phi) is 6.87. The summed E-state index contributed by atoms with van der Waals surface area (Å²) in [4.78, 5) is 4.18. The van der Waals surface area contributed by atoms with Crippen molar-refractivity contribution in [2.45, 2.75) is 26.8 Å². The van der Waals surface area contributed by atoms with Gasteiger partial charge in [-0.3, -0.25) is 5.10 Å². The van der Waals surface area contributed by atoms with Gasteiger partial charge < -0.3 is 15.8 Å². The standard InChI is InChI=1S/C14H16F3N5O.HI/c1-8-12(9(2)22-21-8)7-19-13(18)20-10-3-5-11(6-4-10)23-14(15,16)17;/h3-6H,7H2,1-2H3,(H,21,22)(H3,18,19,20);1H. The molecule has 1 aromatic heterocycles. The smallest absolute Gasteiger partial charge is 0.406 e. The predicted octanol–water partition coefficient (Wildman–Crippen LogP) is 3.47. The topological polar surface area (TPSA) is 88.3 Å². The van der Waals surface area contributed by atoms with Crippen LogP contribution in [-0.4, -0.2) is 22.5 Å². The Labute approximate surface area is 153 Å². The van der Waals surface area contributed by atoms with Crippen LogP contribution in [0.2, 0.25) is 0 Å². The summed E-state index contributed by atoms with van der Waals surface area (Å²) in [5.74, 6) is -0.155. The van der Waals surface area contributed by atoms with Gasteiger partial charge in [0.2, 0.25) is 0 Å². The number of aryl methyl sites for hydroxylation is 2. The number of aromatic nitrogens is 2. The van der Waals surface area contributed by atoms with Gasteiger partial charge in [-0.15, -0.1) is 37.1 Å². The van der Waals surface area contributed by atoms with Gasteiger partial charge in [0.25, 0.3) is 0 Å². The van der Waals surface area contributed by atoms with Gasteiger partial charge in [0.1, 0.15) is 5.75 Å². The third kappa shape index (κ3) is 5.91. The maximum absolute atomic E-state index is 12.1. The first-order chi connectivity index (χ1) is 10.7. The van der Waals surface area contributed by atoms with E-state index in [-0.39, 0.29) is 35.7 Å². The van der Waals surface area contributed by atoms with Gasteiger partial charge in [0.05, 0.1) is 12.2 Å². The predicted molar refractivity (Wildman–Crippen MR) is 95.6 cm³/mol. The molecule has 0 spiro atoms. The van der Waals surface area contributed by atoms with Crippen LogP contribution in [-0.2, 0) is 6.54 Å². The Morgan fingerprint density at radius 2 is 1.92 bits per heavy atom. The van der Waals surface area contributed by atoms with Crippen molar-refractivity contribution in [2.24, 2.45) is 10.7 Å². The first-order valence-corrected chi connectivity index (χ1v) is 6.68. The first-order valence-electron chi connectivity index (χ1n) is 6.68. The van der Waals surface area contributed by atoms with E-state index in [1.807, 2.05) is 13.8 Å². The van der Waals surface area contributed by atoms with Gasteiger partial charge in [0.15, 0.2) is 5.96 Å². The second-order valence-electron chi connectivity index (χ2n) is 4.81. The van der Waals surface area contributed by atoms with Gasteiger partial charge in [-0.2, -0.15) is 5.10 Å². The molecule has 2 rings (SSSR count). The van der Waals surface area contributed by atoms with Gasteiger partial charge in [-0.25, -0.2) is 4.99 Å². The van der Waals surface area contributed by atoms with Gasteiger partial charge >= 0.3 is 6.36 Å². The average Bonchev–Trinajstić information content (AvgIpc) is 2.76. The average molecular weight is 455 g/mol. The van der Waals surface area contributed by atoms with Crippen LogP contribution in [0.15, 0.2) is 29.3 Å². The van der Waals surface area contributed by atoms with E-state index in [0.717, 1.165) is 17.0 Å². The molecule has 0 aliphatic rings. The fourth-order valence-electron chi connectivity index (χ4n) is 1.90. The molecule has 0 radical (unpaired) electrons. The largest absolute Gasteiger partial charge is 0.573 e. The summed E-state index contributed by atoms with van der Waals surface area (Å²) in [7, 11) is 0. The number of nitrogens with zero attached hydrogens (tertiary/aromatic N) is 2. The number of ether oxygens (including phenoxy) is 1. The number of rotatable bonds is 4. The number of hydrogen-bond donors (Lipinski definition) is 3. The molecular weight excluding hydrogens is 438 g/mol. The van der Waals surface area contributed by atoms with Crippen LogP contribution < -0.4 is 15.8 Å². The van der Waals surface area contributed by atoms with E-state index in [4.69, 9.17) is 5.73 Å². The number of hydrogen-bond acceptors (Lipinski definition) is 3. The molecule has 2 aromatic rings. The summed E-state index contributed by atoms with van der Waals surface area (Å²) in [5.41, 5.74) is 8.96. The number of halogens is 4. The lowest BCUT2D eigenvalue weighted by Gasteiger charge is -2.10. The Morgan fingerprint density at radius 1 is 1.29 bits per heavy atom. The molecule has 0 fully saturated rings. The summed E-state index contributed by atoms with van der Waals surface area (Å²) >= 11 is 0. The summed E-state index contributed by atoms with van der Waals surface area (Å²) < 4.78 is 40.0. The van der Waals surface area contributed by atoms with Crippen molar-refractivity contribution in [3.8, 4) is 5.75 Å². The van der Waals surface area contributed by atoms with Crippen molar-refractivity contribution in [3.63, 3.8) is 0 Å². The van der Waals surface area contributed by atoms with E-state index >= 15 is 0 Å². The number of anilines is 1. The molecule has 0 unspecified atom stereocenters. The minimum Gasteiger partial charge on any atom is -0.406 e. The molecule has 4 N–H and O–H groups in total. The highest BCUT2D eigenvalue weighted by Gasteiger charge is 2.30. The summed E-state index contributed by atoms with van der Waals surface area (Å²) in [6.07, 6.45) is -4.71. The van der Waals surface area contributed by atoms with Crippen LogP contribution in [0.4, 0.5) is 18.9 Å². The van der Waals surface area contributed by atoms with Crippen LogP contribution in [0.25, 0.3) is 0 Å². The van der Waals surface area contributed by atoms with Crippen LogP contribution in [0.3, 0.4) is 0 Å². The molecule has 1 heterocycles. The van der Waals surface area contributed by atoms with Crippen LogP contribution in [0.1, 0.15) is 17.0 Å². The molecule has 132 valence electrons. The Morgan fingerprint density at radius 3 is 2.42 bits per heavy atom. The number of nitrogens with one attached hydrogen (secondary N) is 2. The number of alkyl halides is 3. The molecule has 10 heteroatoms. The molecule has 1 aromatic carbocycles. The number of guanidine groups is 1. The highest BCUT2D eigenvalue weighted by molar-refractivity contribution is 14.0. The van der Waals surface area contributed by atoms with Crippen molar-refractivity contribution in [2.75, 3.05) is 5.32 Å². The molecule has 6 nitrogen and oxygen atoms in total. The van der Waals surface area contributed by atoms with E-state index in [2.05, 4.69) is 25.2 Å². The number of benzene rings is 1. The molecule has 0 saturated heterocycles. The SMILES string of the molecule is Cc1n[nH]c(C)c1CN=C(N)Nc1ccc(OC(F)(F)F)cc1.I. The molecule has 0 atom stereocenters. The van der Waals surface area contributed by atoms with E-state index in [0.29, 0.717) is 12.2 Å². The molecule has 0 saturated carbocycles. The minimum absolute atomic E-state index is 0. The lowest BCUT2D eigenvalue weighted by atomic mass is 10.2. The van der Waals surface area contributed by atoms with Crippen molar-refractivity contribution in [3.05, 3.63) is 41.2 Å². The van der Waals surface area contributed by atoms with Crippen molar-refractivity contribution in [1.82, 2.24) is 10.2 Å². The third-order valence-electron chi connectivity index (χ3n) is 3.05. The van der Waals surface area contributed by atoms with Gasteiger partial charge in [-0.1, -0.05) is 0 Å². The molecule has 0 aliphatic carbocycles. The van der Waals surface area contributed by atoms with E-state index in [1.165, 1.54) is 24.3 Å². The molecule has 24 heavy (non-hydrogen) atoms. The maximum atomic E-state index is 12.1. The Balaban J connectivity index is 0.00000288. The first kappa shape index (κ1) is 20.1. The fourth-order valence-corrected chi connectivity index (χ4v) is 1.90. The van der Waals surface area contributed by atoms with Crippen LogP contribution in [0.5, 0.6) is 5.75 Å². The minimum atomic E-state index is -4.71. The highest BCUT2D eigenvalue weighted by atomic mass is 127. The zero-order valence-corrected chi connectivity index (χ0v) is 15.3.